The Morgan fingerprint density at radius 3 is 1.28 bits per heavy atom. The van der Waals surface area contributed by atoms with Gasteiger partial charge in [0.15, 0.2) is 0 Å². The first kappa shape index (κ1) is 51.1. The van der Waals surface area contributed by atoms with Gasteiger partial charge in [0.05, 0.1) is 13.2 Å². The Labute approximate surface area is 330 Å². The van der Waals surface area contributed by atoms with Gasteiger partial charge in [0.1, 0.15) is 6.10 Å². The van der Waals surface area contributed by atoms with Gasteiger partial charge in [-0.15, -0.1) is 0 Å². The van der Waals surface area contributed by atoms with E-state index in [1.807, 2.05) is 0 Å². The number of esters is 1. The maximum Gasteiger partial charge on any atom is 0.306 e. The second-order valence-corrected chi connectivity index (χ2v) is 15.1. The molecule has 0 aliphatic heterocycles. The molecule has 0 aromatic heterocycles. The van der Waals surface area contributed by atoms with E-state index >= 15 is 0 Å². The minimum absolute atomic E-state index is 0.175. The van der Waals surface area contributed by atoms with Crippen LogP contribution >= 0.6 is 0 Å². The minimum atomic E-state index is -0.539. The number of hydrogen-bond donors (Lipinski definition) is 1. The maximum atomic E-state index is 12.2. The van der Waals surface area contributed by atoms with E-state index in [1.165, 1.54) is 148 Å². The molecule has 4 heteroatoms. The van der Waals surface area contributed by atoms with Gasteiger partial charge in [0, 0.05) is 13.0 Å². The van der Waals surface area contributed by atoms with Crippen molar-refractivity contribution in [1.29, 1.82) is 0 Å². The maximum absolute atomic E-state index is 12.2. The highest BCUT2D eigenvalue weighted by Crippen LogP contribution is 2.15. The molecule has 308 valence electrons. The number of ether oxygens (including phenoxy) is 2. The number of carbonyl (C=O) groups is 1. The number of rotatable bonds is 42. The Morgan fingerprint density at radius 2 is 0.849 bits per heavy atom. The number of hydrogen-bond acceptors (Lipinski definition) is 4. The summed E-state index contributed by atoms with van der Waals surface area (Å²) < 4.78 is 11.2. The third-order valence-corrected chi connectivity index (χ3v) is 9.86. The van der Waals surface area contributed by atoms with Crippen molar-refractivity contribution in [3.8, 4) is 0 Å². The molecular formula is C49H88O4. The quantitative estimate of drug-likeness (QED) is 0.0385. The van der Waals surface area contributed by atoms with Crippen LogP contribution in [0.3, 0.4) is 0 Å². The van der Waals surface area contributed by atoms with Crippen molar-refractivity contribution in [2.75, 3.05) is 19.8 Å². The van der Waals surface area contributed by atoms with Crippen molar-refractivity contribution in [3.63, 3.8) is 0 Å². The molecule has 4 nitrogen and oxygen atoms in total. The molecule has 0 rings (SSSR count). The first-order valence-electron chi connectivity index (χ1n) is 22.9. The van der Waals surface area contributed by atoms with Crippen molar-refractivity contribution in [3.05, 3.63) is 60.8 Å². The predicted octanol–water partition coefficient (Wildman–Crippen LogP) is 15.2. The highest BCUT2D eigenvalue weighted by Gasteiger charge is 2.13. The first-order valence-corrected chi connectivity index (χ1v) is 22.9. The van der Waals surface area contributed by atoms with Gasteiger partial charge in [-0.2, -0.15) is 0 Å². The molecule has 1 atom stereocenters. The zero-order valence-corrected chi connectivity index (χ0v) is 35.3. The molecule has 0 spiro atoms. The van der Waals surface area contributed by atoms with E-state index in [0.29, 0.717) is 19.6 Å². The molecule has 0 aliphatic rings. The minimum Gasteiger partial charge on any atom is -0.457 e. The molecule has 0 aromatic carbocycles. The van der Waals surface area contributed by atoms with Gasteiger partial charge in [-0.05, 0) is 57.8 Å². The molecule has 0 saturated heterocycles. The molecule has 0 aliphatic carbocycles. The summed E-state index contributed by atoms with van der Waals surface area (Å²) >= 11 is 0. The second kappa shape index (κ2) is 46.2. The van der Waals surface area contributed by atoms with Crippen molar-refractivity contribution < 1.29 is 19.4 Å². The summed E-state index contributed by atoms with van der Waals surface area (Å²) in [6, 6.07) is 0. The largest absolute Gasteiger partial charge is 0.457 e. The van der Waals surface area contributed by atoms with Crippen LogP contribution in [0.15, 0.2) is 60.8 Å². The zero-order chi connectivity index (χ0) is 38.4. The summed E-state index contributed by atoms with van der Waals surface area (Å²) in [5.74, 6) is -0.202. The van der Waals surface area contributed by atoms with Crippen molar-refractivity contribution in [1.82, 2.24) is 0 Å². The molecule has 1 N–H and O–H groups in total. The lowest BCUT2D eigenvalue weighted by molar-refractivity contribution is -0.154. The Hall–Kier alpha value is -1.91. The molecule has 0 aromatic rings. The van der Waals surface area contributed by atoms with E-state index in [4.69, 9.17) is 9.47 Å². The molecule has 0 fully saturated rings. The van der Waals surface area contributed by atoms with Gasteiger partial charge < -0.3 is 14.6 Å². The normalized spacial score (nSPS) is 12.9. The van der Waals surface area contributed by atoms with Crippen molar-refractivity contribution in [2.24, 2.45) is 0 Å². The fourth-order valence-corrected chi connectivity index (χ4v) is 6.47. The van der Waals surface area contributed by atoms with Gasteiger partial charge >= 0.3 is 5.97 Å². The van der Waals surface area contributed by atoms with Crippen LogP contribution in [0, 0.1) is 0 Å². The number of aliphatic hydroxyl groups is 1. The third-order valence-electron chi connectivity index (χ3n) is 9.86. The van der Waals surface area contributed by atoms with Crippen LogP contribution in [0.25, 0.3) is 0 Å². The van der Waals surface area contributed by atoms with E-state index in [0.717, 1.165) is 51.4 Å². The summed E-state index contributed by atoms with van der Waals surface area (Å²) in [5, 5.41) is 9.62. The summed E-state index contributed by atoms with van der Waals surface area (Å²) in [6.07, 6.45) is 61.4. The summed E-state index contributed by atoms with van der Waals surface area (Å²) in [4.78, 5) is 12.2. The summed E-state index contributed by atoms with van der Waals surface area (Å²) in [6.45, 7) is 5.23. The standard InChI is InChI=1S/C49H88O4/c1-3-5-7-9-11-13-15-17-19-21-22-23-24-25-26-27-29-31-33-35-37-39-41-43-45-52-47-48(46-50)53-49(51)44-42-40-38-36-34-32-30-28-20-18-16-14-12-10-8-6-4-2/h5,7,11,13,17,19,22-23,25-26,48,50H,3-4,6,8-10,12,14-16,18,20-21,24,27-47H2,1-2H3/b7-5-,13-11-,19-17-,23-22-,26-25-. The van der Waals surface area contributed by atoms with E-state index in [1.54, 1.807) is 0 Å². The fourth-order valence-electron chi connectivity index (χ4n) is 6.47. The number of unbranched alkanes of at least 4 members (excludes halogenated alkanes) is 24. The molecule has 1 unspecified atom stereocenters. The average Bonchev–Trinajstić information content (AvgIpc) is 3.16. The predicted molar refractivity (Wildman–Crippen MR) is 233 cm³/mol. The summed E-state index contributed by atoms with van der Waals surface area (Å²) in [7, 11) is 0. The van der Waals surface area contributed by atoms with Crippen LogP contribution in [0.5, 0.6) is 0 Å². The highest BCUT2D eigenvalue weighted by atomic mass is 16.6. The van der Waals surface area contributed by atoms with E-state index < -0.39 is 6.10 Å². The van der Waals surface area contributed by atoms with Gasteiger partial charge in [-0.1, -0.05) is 216 Å². The van der Waals surface area contributed by atoms with Crippen molar-refractivity contribution in [2.45, 2.75) is 225 Å². The molecule has 0 amide bonds. The van der Waals surface area contributed by atoms with E-state index in [-0.39, 0.29) is 12.6 Å². The molecule has 0 saturated carbocycles. The Kier molecular flexibility index (Phi) is 44.6. The van der Waals surface area contributed by atoms with Crippen molar-refractivity contribution >= 4 is 5.97 Å². The second-order valence-electron chi connectivity index (χ2n) is 15.1. The SMILES string of the molecule is CC/C=C\C/C=C\C/C=C\C/C=C\C/C=C\CCCCCCCCCCOCC(CO)OC(=O)CCCCCCCCCCCCCCCCCCC. The zero-order valence-electron chi connectivity index (χ0n) is 35.3. The third kappa shape index (κ3) is 44.4. The Morgan fingerprint density at radius 1 is 0.472 bits per heavy atom. The molecule has 0 heterocycles. The fraction of sp³-hybridized carbons (Fsp3) is 0.776. The lowest BCUT2D eigenvalue weighted by Crippen LogP contribution is -2.27. The van der Waals surface area contributed by atoms with Crippen LogP contribution in [0.2, 0.25) is 0 Å². The Balaban J connectivity index is 3.45. The average molecular weight is 741 g/mol. The number of aliphatic hydroxyl groups excluding tert-OH is 1. The van der Waals surface area contributed by atoms with Crippen LogP contribution in [-0.2, 0) is 14.3 Å². The van der Waals surface area contributed by atoms with Gasteiger partial charge in [0.25, 0.3) is 0 Å². The molecule has 0 radical (unpaired) electrons. The lowest BCUT2D eigenvalue weighted by atomic mass is 10.0. The van der Waals surface area contributed by atoms with Gasteiger partial charge in [-0.3, -0.25) is 4.79 Å². The van der Waals surface area contributed by atoms with Gasteiger partial charge in [0.2, 0.25) is 0 Å². The smallest absolute Gasteiger partial charge is 0.306 e. The first-order chi connectivity index (χ1) is 26.2. The number of allylic oxidation sites excluding steroid dienone is 10. The topological polar surface area (TPSA) is 55.8 Å². The monoisotopic (exact) mass is 741 g/mol. The number of carbonyl (C=O) groups excluding carboxylic acids is 1. The van der Waals surface area contributed by atoms with E-state index in [2.05, 4.69) is 74.6 Å². The highest BCUT2D eigenvalue weighted by molar-refractivity contribution is 5.69. The van der Waals surface area contributed by atoms with Crippen LogP contribution in [-0.4, -0.2) is 37.0 Å². The Bertz CT molecular complexity index is 870. The summed E-state index contributed by atoms with van der Waals surface area (Å²) in [5.41, 5.74) is 0. The molecule has 53 heavy (non-hydrogen) atoms. The van der Waals surface area contributed by atoms with Crippen LogP contribution < -0.4 is 0 Å². The molecule has 0 bridgehead atoms. The van der Waals surface area contributed by atoms with Crippen LogP contribution in [0.1, 0.15) is 219 Å². The molecular weight excluding hydrogens is 653 g/mol. The van der Waals surface area contributed by atoms with Gasteiger partial charge in [-0.25, -0.2) is 0 Å². The van der Waals surface area contributed by atoms with Crippen LogP contribution in [0.4, 0.5) is 0 Å². The van der Waals surface area contributed by atoms with E-state index in [9.17, 15) is 9.90 Å². The lowest BCUT2D eigenvalue weighted by Gasteiger charge is -2.16.